The first-order chi connectivity index (χ1) is 7.09. The van der Waals surface area contributed by atoms with Crippen LogP contribution in [0.1, 0.15) is 5.56 Å². The van der Waals surface area contributed by atoms with Crippen molar-refractivity contribution in [3.05, 3.63) is 49.5 Å². The van der Waals surface area contributed by atoms with Gasteiger partial charge in [-0.3, -0.25) is 4.79 Å². The van der Waals surface area contributed by atoms with Gasteiger partial charge < -0.3 is 0 Å². The van der Waals surface area contributed by atoms with Crippen molar-refractivity contribution in [2.24, 2.45) is 0 Å². The van der Waals surface area contributed by atoms with Crippen molar-refractivity contribution in [3.63, 3.8) is 0 Å². The van der Waals surface area contributed by atoms with Crippen LogP contribution in [0.2, 0.25) is 9.36 Å². The Hall–Kier alpha value is -0.770. The fourth-order valence-corrected chi connectivity index (χ4v) is 2.49. The van der Waals surface area contributed by atoms with E-state index in [9.17, 15) is 4.79 Å². The van der Waals surface area contributed by atoms with E-state index in [1.165, 1.54) is 15.5 Å². The molecule has 0 saturated carbocycles. The maximum atomic E-state index is 11.7. The first-order valence-corrected chi connectivity index (χ1v) is 5.77. The van der Waals surface area contributed by atoms with Crippen molar-refractivity contribution in [2.75, 3.05) is 0 Å². The molecule has 2 nitrogen and oxygen atoms in total. The molecule has 1 aromatic heterocycles. The van der Waals surface area contributed by atoms with E-state index < -0.39 is 0 Å². The van der Waals surface area contributed by atoms with Gasteiger partial charge in [0, 0.05) is 10.6 Å². The van der Waals surface area contributed by atoms with Crippen molar-refractivity contribution in [3.8, 4) is 5.69 Å². The molecule has 0 bridgehead atoms. The number of benzene rings is 1. The molecule has 0 saturated heterocycles. The normalized spacial score (nSPS) is 10.6. The molecular formula is C10H7Cl2NOS. The molecule has 2 aromatic rings. The highest BCUT2D eigenvalue weighted by Gasteiger charge is 2.10. The molecule has 0 unspecified atom stereocenters. The van der Waals surface area contributed by atoms with Crippen LogP contribution in [0, 0.1) is 6.92 Å². The molecule has 0 aliphatic rings. The van der Waals surface area contributed by atoms with Gasteiger partial charge in [0.15, 0.2) is 0 Å². The zero-order valence-corrected chi connectivity index (χ0v) is 10.2. The molecule has 1 aromatic carbocycles. The highest BCUT2D eigenvalue weighted by Crippen LogP contribution is 2.22. The number of halogens is 2. The van der Waals surface area contributed by atoms with Crippen molar-refractivity contribution < 1.29 is 0 Å². The van der Waals surface area contributed by atoms with Crippen LogP contribution >= 0.6 is 34.7 Å². The Morgan fingerprint density at radius 2 is 2.07 bits per heavy atom. The van der Waals surface area contributed by atoms with Gasteiger partial charge in [-0.15, -0.1) is 0 Å². The molecule has 1 heterocycles. The van der Waals surface area contributed by atoms with Gasteiger partial charge in [0.2, 0.25) is 0 Å². The smallest absolute Gasteiger partial charge is 0.268 e. The molecule has 0 atom stereocenters. The van der Waals surface area contributed by atoms with Gasteiger partial charge in [0.25, 0.3) is 5.56 Å². The Balaban J connectivity index is 2.64. The van der Waals surface area contributed by atoms with Crippen LogP contribution in [-0.4, -0.2) is 3.96 Å². The van der Waals surface area contributed by atoms with Crippen molar-refractivity contribution in [1.82, 2.24) is 3.96 Å². The van der Waals surface area contributed by atoms with E-state index in [2.05, 4.69) is 0 Å². The first-order valence-electron chi connectivity index (χ1n) is 4.24. The lowest BCUT2D eigenvalue weighted by Gasteiger charge is -1.99. The molecule has 0 spiro atoms. The van der Waals surface area contributed by atoms with Gasteiger partial charge >= 0.3 is 0 Å². The van der Waals surface area contributed by atoms with E-state index in [0.717, 1.165) is 5.69 Å². The molecule has 0 aliphatic heterocycles. The van der Waals surface area contributed by atoms with E-state index in [1.54, 1.807) is 25.1 Å². The summed E-state index contributed by atoms with van der Waals surface area (Å²) < 4.78 is 2.05. The highest BCUT2D eigenvalue weighted by atomic mass is 35.5. The average molecular weight is 260 g/mol. The van der Waals surface area contributed by atoms with E-state index in [-0.39, 0.29) is 5.56 Å². The van der Waals surface area contributed by atoms with E-state index >= 15 is 0 Å². The maximum absolute atomic E-state index is 11.7. The lowest BCUT2D eigenvalue weighted by atomic mass is 10.3. The average Bonchev–Trinajstić information content (AvgIpc) is 2.46. The summed E-state index contributed by atoms with van der Waals surface area (Å²) in [6.45, 7) is 1.71. The number of aromatic nitrogens is 1. The SMILES string of the molecule is Cc1c(Cl)sn(-c2cccc(Cl)c2)c1=O. The first kappa shape index (κ1) is 10.7. The van der Waals surface area contributed by atoms with Gasteiger partial charge in [-0.1, -0.05) is 29.3 Å². The quantitative estimate of drug-likeness (QED) is 0.769. The number of hydrogen-bond donors (Lipinski definition) is 0. The van der Waals surface area contributed by atoms with Crippen LogP contribution in [0.15, 0.2) is 29.1 Å². The molecule has 15 heavy (non-hydrogen) atoms. The van der Waals surface area contributed by atoms with Crippen molar-refractivity contribution in [2.45, 2.75) is 6.92 Å². The third-order valence-electron chi connectivity index (χ3n) is 2.01. The van der Waals surface area contributed by atoms with Gasteiger partial charge in [-0.05, 0) is 36.7 Å². The molecule has 0 fully saturated rings. The minimum Gasteiger partial charge on any atom is -0.268 e. The Kier molecular flexibility index (Phi) is 2.87. The summed E-state index contributed by atoms with van der Waals surface area (Å²) in [6.07, 6.45) is 0. The van der Waals surface area contributed by atoms with Crippen LogP contribution in [0.25, 0.3) is 5.69 Å². The van der Waals surface area contributed by atoms with Crippen LogP contribution < -0.4 is 5.56 Å². The Morgan fingerprint density at radius 1 is 1.33 bits per heavy atom. The Morgan fingerprint density at radius 3 is 2.60 bits per heavy atom. The predicted octanol–water partition coefficient (Wildman–Crippen LogP) is 3.51. The van der Waals surface area contributed by atoms with Crippen LogP contribution in [0.3, 0.4) is 0 Å². The molecule has 78 valence electrons. The summed E-state index contributed by atoms with van der Waals surface area (Å²) in [5.74, 6) is 0. The summed E-state index contributed by atoms with van der Waals surface area (Å²) in [6, 6.07) is 7.11. The molecular weight excluding hydrogens is 253 g/mol. The highest BCUT2D eigenvalue weighted by molar-refractivity contribution is 7.11. The standard InChI is InChI=1S/C10H7Cl2NOS/c1-6-9(12)15-13(10(6)14)8-4-2-3-7(11)5-8/h2-5H,1H3. The molecule has 0 aliphatic carbocycles. The van der Waals surface area contributed by atoms with E-state index in [4.69, 9.17) is 23.2 Å². The molecule has 2 rings (SSSR count). The third-order valence-corrected chi connectivity index (χ3v) is 3.77. The van der Waals surface area contributed by atoms with Crippen molar-refractivity contribution >= 4 is 34.7 Å². The van der Waals surface area contributed by atoms with Crippen LogP contribution in [0.4, 0.5) is 0 Å². The number of nitrogens with zero attached hydrogens (tertiary/aromatic N) is 1. The van der Waals surface area contributed by atoms with Crippen LogP contribution in [0.5, 0.6) is 0 Å². The van der Waals surface area contributed by atoms with Gasteiger partial charge in [0.05, 0.1) is 5.69 Å². The summed E-state index contributed by atoms with van der Waals surface area (Å²) in [5, 5.41) is 0.599. The summed E-state index contributed by atoms with van der Waals surface area (Å²) >= 11 is 13.0. The summed E-state index contributed by atoms with van der Waals surface area (Å²) in [4.78, 5) is 11.7. The summed E-state index contributed by atoms with van der Waals surface area (Å²) in [7, 11) is 0. The molecule has 5 heteroatoms. The Labute approximate surface area is 101 Å². The van der Waals surface area contributed by atoms with Gasteiger partial charge in [-0.2, -0.15) is 0 Å². The minimum atomic E-state index is -0.0905. The minimum absolute atomic E-state index is 0.0905. The van der Waals surface area contributed by atoms with Crippen molar-refractivity contribution in [1.29, 1.82) is 0 Å². The second-order valence-corrected chi connectivity index (χ2v) is 5.06. The zero-order valence-electron chi connectivity index (χ0n) is 7.83. The second kappa shape index (κ2) is 4.00. The lowest BCUT2D eigenvalue weighted by molar-refractivity contribution is 1.11. The fourth-order valence-electron chi connectivity index (χ4n) is 1.20. The van der Waals surface area contributed by atoms with Crippen LogP contribution in [-0.2, 0) is 0 Å². The second-order valence-electron chi connectivity index (χ2n) is 3.07. The van der Waals surface area contributed by atoms with Gasteiger partial charge in [-0.25, -0.2) is 3.96 Å². The third kappa shape index (κ3) is 1.95. The predicted molar refractivity (Wildman–Crippen MR) is 64.7 cm³/mol. The largest absolute Gasteiger partial charge is 0.269 e. The number of rotatable bonds is 1. The molecule has 0 N–H and O–H groups in total. The maximum Gasteiger partial charge on any atom is 0.269 e. The summed E-state index contributed by atoms with van der Waals surface area (Å²) in [5.41, 5.74) is 1.22. The monoisotopic (exact) mass is 259 g/mol. The van der Waals surface area contributed by atoms with Gasteiger partial charge in [0.1, 0.15) is 4.34 Å². The fraction of sp³-hybridized carbons (Fsp3) is 0.100. The topological polar surface area (TPSA) is 22.0 Å². The molecule has 0 amide bonds. The zero-order chi connectivity index (χ0) is 11.0. The van der Waals surface area contributed by atoms with E-state index in [0.29, 0.717) is 14.9 Å². The lowest BCUT2D eigenvalue weighted by Crippen LogP contribution is -2.12. The number of hydrogen-bond acceptors (Lipinski definition) is 2. The Bertz CT molecular complexity index is 559. The van der Waals surface area contributed by atoms with E-state index in [1.807, 2.05) is 6.07 Å². The molecule has 0 radical (unpaired) electrons.